The standard InChI is InChI=1S/C27H21NO7S2/c1-16-8-10-17(11-9-16)26(29)28(37(31,32)18-12-13-22(33-2)23(14-18)34-3)21-15-24-25(35-27(30)36-24)20-7-5-4-6-19(20)21/h4-15H,1-3H3. The lowest BCUT2D eigenvalue weighted by Gasteiger charge is -2.25. The molecule has 10 heteroatoms. The predicted molar refractivity (Wildman–Crippen MR) is 143 cm³/mol. The van der Waals surface area contributed by atoms with E-state index in [1.807, 2.05) is 6.92 Å². The molecule has 0 aliphatic heterocycles. The van der Waals surface area contributed by atoms with Gasteiger partial charge in [0.1, 0.15) is 0 Å². The molecule has 0 bridgehead atoms. The average molecular weight is 536 g/mol. The topological polar surface area (TPSA) is 103 Å². The maximum atomic E-state index is 14.2. The Kier molecular flexibility index (Phi) is 6.22. The van der Waals surface area contributed by atoms with Crippen LogP contribution >= 0.6 is 11.3 Å². The van der Waals surface area contributed by atoms with E-state index in [1.54, 1.807) is 48.5 Å². The highest BCUT2D eigenvalue weighted by Crippen LogP contribution is 2.39. The highest BCUT2D eigenvalue weighted by molar-refractivity contribution is 7.93. The summed E-state index contributed by atoms with van der Waals surface area (Å²) < 4.78 is 45.5. The summed E-state index contributed by atoms with van der Waals surface area (Å²) in [7, 11) is -1.64. The van der Waals surface area contributed by atoms with E-state index in [-0.39, 0.29) is 21.9 Å². The van der Waals surface area contributed by atoms with Crippen LogP contribution in [-0.4, -0.2) is 28.5 Å². The fraction of sp³-hybridized carbons (Fsp3) is 0.111. The van der Waals surface area contributed by atoms with Gasteiger partial charge in [-0.25, -0.2) is 13.2 Å². The Labute approximate surface area is 216 Å². The summed E-state index contributed by atoms with van der Waals surface area (Å²) in [5.41, 5.74) is 1.53. The molecule has 8 nitrogen and oxygen atoms in total. The molecule has 0 atom stereocenters. The highest BCUT2D eigenvalue weighted by Gasteiger charge is 2.34. The number of fused-ring (bicyclic) bond motifs is 3. The molecule has 0 fully saturated rings. The fourth-order valence-electron chi connectivity index (χ4n) is 4.09. The van der Waals surface area contributed by atoms with Gasteiger partial charge in [-0.3, -0.25) is 4.79 Å². The lowest BCUT2D eigenvalue weighted by molar-refractivity contribution is 0.101. The van der Waals surface area contributed by atoms with Crippen LogP contribution in [0.1, 0.15) is 15.9 Å². The number of nitrogens with zero attached hydrogens (tertiary/aromatic N) is 1. The Balaban J connectivity index is 1.82. The number of rotatable bonds is 6. The van der Waals surface area contributed by atoms with Crippen LogP contribution in [0, 0.1) is 6.92 Å². The van der Waals surface area contributed by atoms with E-state index < -0.39 is 20.9 Å². The van der Waals surface area contributed by atoms with Gasteiger partial charge in [-0.15, -0.1) is 0 Å². The van der Waals surface area contributed by atoms with Crippen LogP contribution in [0.25, 0.3) is 21.1 Å². The van der Waals surface area contributed by atoms with E-state index in [0.717, 1.165) is 21.2 Å². The lowest BCUT2D eigenvalue weighted by atomic mass is 10.1. The van der Waals surface area contributed by atoms with Crippen LogP contribution in [0.15, 0.2) is 86.9 Å². The molecule has 5 aromatic rings. The largest absolute Gasteiger partial charge is 0.493 e. The molecule has 0 spiro atoms. The summed E-state index contributed by atoms with van der Waals surface area (Å²) >= 11 is 0.834. The molecule has 0 N–H and O–H groups in total. The van der Waals surface area contributed by atoms with Crippen molar-refractivity contribution in [2.75, 3.05) is 18.5 Å². The Bertz CT molecular complexity index is 1820. The summed E-state index contributed by atoms with van der Waals surface area (Å²) in [6, 6.07) is 19.1. The van der Waals surface area contributed by atoms with Crippen molar-refractivity contribution in [3.8, 4) is 11.5 Å². The molecule has 0 radical (unpaired) electrons. The number of methoxy groups -OCH3 is 2. The maximum absolute atomic E-state index is 14.2. The number of hydrogen-bond donors (Lipinski definition) is 0. The quantitative estimate of drug-likeness (QED) is 0.288. The number of ether oxygens (including phenoxy) is 2. The lowest BCUT2D eigenvalue weighted by Crippen LogP contribution is -2.37. The van der Waals surface area contributed by atoms with Gasteiger partial charge in [0.25, 0.3) is 15.9 Å². The molecule has 0 aliphatic carbocycles. The minimum atomic E-state index is -4.48. The first-order valence-electron chi connectivity index (χ1n) is 11.1. The Morgan fingerprint density at radius 2 is 1.57 bits per heavy atom. The molecule has 1 heterocycles. The summed E-state index contributed by atoms with van der Waals surface area (Å²) in [6.07, 6.45) is 0. The van der Waals surface area contributed by atoms with Gasteiger partial charge in [-0.05, 0) is 37.3 Å². The van der Waals surface area contributed by atoms with Crippen LogP contribution < -0.4 is 18.7 Å². The normalized spacial score (nSPS) is 11.5. The molecule has 0 saturated heterocycles. The van der Waals surface area contributed by atoms with Crippen LogP contribution in [0.3, 0.4) is 0 Å². The number of hydrogen-bond acceptors (Lipinski definition) is 8. The Morgan fingerprint density at radius 3 is 2.24 bits per heavy atom. The third kappa shape index (κ3) is 4.24. The zero-order chi connectivity index (χ0) is 26.3. The maximum Gasteiger partial charge on any atom is 0.396 e. The molecule has 1 aromatic heterocycles. The van der Waals surface area contributed by atoms with Crippen molar-refractivity contribution in [1.29, 1.82) is 0 Å². The minimum Gasteiger partial charge on any atom is -0.493 e. The number of sulfonamides is 1. The van der Waals surface area contributed by atoms with Crippen molar-refractivity contribution in [3.05, 3.63) is 93.7 Å². The molecule has 0 aliphatic rings. The molecular formula is C27H21NO7S2. The van der Waals surface area contributed by atoms with Crippen molar-refractivity contribution in [2.45, 2.75) is 11.8 Å². The number of carbonyl (C=O) groups is 1. The zero-order valence-corrected chi connectivity index (χ0v) is 21.7. The predicted octanol–water partition coefficient (Wildman–Crippen LogP) is 5.37. The summed E-state index contributed by atoms with van der Waals surface area (Å²) in [5.74, 6) is -0.220. The second-order valence-electron chi connectivity index (χ2n) is 8.18. The second kappa shape index (κ2) is 9.38. The zero-order valence-electron chi connectivity index (χ0n) is 20.0. The number of carbonyl (C=O) groups excluding carboxylic acids is 1. The first kappa shape index (κ1) is 24.5. The smallest absolute Gasteiger partial charge is 0.396 e. The Hall–Kier alpha value is -4.15. The van der Waals surface area contributed by atoms with E-state index in [2.05, 4.69) is 0 Å². The monoisotopic (exact) mass is 535 g/mol. The van der Waals surface area contributed by atoms with Gasteiger partial charge in [0, 0.05) is 22.4 Å². The van der Waals surface area contributed by atoms with Crippen LogP contribution in [0.4, 0.5) is 5.69 Å². The van der Waals surface area contributed by atoms with Gasteiger partial charge in [0.05, 0.1) is 29.5 Å². The third-order valence-corrected chi connectivity index (χ3v) is 8.38. The van der Waals surface area contributed by atoms with Crippen molar-refractivity contribution < 1.29 is 27.1 Å². The average Bonchev–Trinajstić information content (AvgIpc) is 3.28. The van der Waals surface area contributed by atoms with Crippen molar-refractivity contribution in [2.24, 2.45) is 0 Å². The number of aryl methyl sites for hydroxylation is 1. The van der Waals surface area contributed by atoms with Gasteiger partial charge in [-0.2, -0.15) is 4.31 Å². The summed E-state index contributed by atoms with van der Waals surface area (Å²) in [5, 5.41) is 0.943. The van der Waals surface area contributed by atoms with E-state index >= 15 is 0 Å². The van der Waals surface area contributed by atoms with Crippen LogP contribution in [0.5, 0.6) is 11.5 Å². The SMILES string of the molecule is COc1ccc(S(=O)(=O)N(C(=O)c2ccc(C)cc2)c2cc3sc(=O)oc3c3ccccc23)cc1OC. The Morgan fingerprint density at radius 1 is 0.892 bits per heavy atom. The van der Waals surface area contributed by atoms with Gasteiger partial charge < -0.3 is 13.9 Å². The van der Waals surface area contributed by atoms with Gasteiger partial charge in [0.2, 0.25) is 0 Å². The number of amides is 1. The second-order valence-corrected chi connectivity index (χ2v) is 10.9. The first-order valence-corrected chi connectivity index (χ1v) is 13.3. The number of benzene rings is 4. The van der Waals surface area contributed by atoms with E-state index in [1.165, 1.54) is 38.5 Å². The molecule has 4 aromatic carbocycles. The van der Waals surface area contributed by atoms with Crippen molar-refractivity contribution in [3.63, 3.8) is 0 Å². The number of anilines is 1. The summed E-state index contributed by atoms with van der Waals surface area (Å²) in [6.45, 7) is 1.87. The molecule has 188 valence electrons. The molecule has 37 heavy (non-hydrogen) atoms. The summed E-state index contributed by atoms with van der Waals surface area (Å²) in [4.78, 5) is 25.3. The van der Waals surface area contributed by atoms with Gasteiger partial charge in [0.15, 0.2) is 17.1 Å². The molecule has 1 amide bonds. The van der Waals surface area contributed by atoms with E-state index in [9.17, 15) is 18.0 Å². The molecule has 0 saturated carbocycles. The van der Waals surface area contributed by atoms with E-state index in [0.29, 0.717) is 26.8 Å². The van der Waals surface area contributed by atoms with Gasteiger partial charge >= 0.3 is 4.94 Å². The molecule has 5 rings (SSSR count). The van der Waals surface area contributed by atoms with E-state index in [4.69, 9.17) is 13.9 Å². The van der Waals surface area contributed by atoms with Gasteiger partial charge in [-0.1, -0.05) is 53.3 Å². The first-order chi connectivity index (χ1) is 17.7. The van der Waals surface area contributed by atoms with Crippen LogP contribution in [-0.2, 0) is 10.0 Å². The molecular weight excluding hydrogens is 514 g/mol. The van der Waals surface area contributed by atoms with Crippen LogP contribution in [0.2, 0.25) is 0 Å². The third-order valence-electron chi connectivity index (χ3n) is 5.91. The van der Waals surface area contributed by atoms with Crippen molar-refractivity contribution >= 4 is 54.0 Å². The molecule has 0 unspecified atom stereocenters. The highest BCUT2D eigenvalue weighted by atomic mass is 32.2. The minimum absolute atomic E-state index is 0.0977. The van der Waals surface area contributed by atoms with Crippen molar-refractivity contribution in [1.82, 2.24) is 0 Å². The fourth-order valence-corrected chi connectivity index (χ4v) is 6.25.